The lowest BCUT2D eigenvalue weighted by Crippen LogP contribution is -2.24. The molecule has 2 atom stereocenters. The van der Waals surface area contributed by atoms with Gasteiger partial charge in [-0.2, -0.15) is 0 Å². The van der Waals surface area contributed by atoms with Gasteiger partial charge >= 0.3 is 5.97 Å². The summed E-state index contributed by atoms with van der Waals surface area (Å²) in [7, 11) is 1.87. The topological polar surface area (TPSA) is 73.6 Å². The summed E-state index contributed by atoms with van der Waals surface area (Å²) in [6, 6.07) is 7.54. The minimum atomic E-state index is -0.848. The molecule has 1 saturated heterocycles. The van der Waals surface area contributed by atoms with Gasteiger partial charge in [-0.25, -0.2) is 4.98 Å². The minimum Gasteiger partial charge on any atom is -0.481 e. The molecule has 6 nitrogen and oxygen atoms in total. The van der Waals surface area contributed by atoms with Gasteiger partial charge in [0.15, 0.2) is 6.29 Å². The molecule has 2 unspecified atom stereocenters. The molecule has 24 heavy (non-hydrogen) atoms. The van der Waals surface area contributed by atoms with E-state index in [4.69, 9.17) is 9.47 Å². The fourth-order valence-electron chi connectivity index (χ4n) is 2.98. The number of benzene rings is 1. The zero-order chi connectivity index (χ0) is 16.9. The van der Waals surface area contributed by atoms with Crippen molar-refractivity contribution in [3.8, 4) is 5.75 Å². The molecule has 2 heterocycles. The van der Waals surface area contributed by atoms with Gasteiger partial charge < -0.3 is 19.1 Å². The lowest BCUT2D eigenvalue weighted by atomic mass is 9.94. The number of imidazole rings is 1. The first-order valence-corrected chi connectivity index (χ1v) is 8.20. The highest BCUT2D eigenvalue weighted by Crippen LogP contribution is 2.29. The van der Waals surface area contributed by atoms with E-state index in [0.717, 1.165) is 43.0 Å². The van der Waals surface area contributed by atoms with Crippen molar-refractivity contribution < 1.29 is 19.4 Å². The second-order valence-corrected chi connectivity index (χ2v) is 6.03. The van der Waals surface area contributed by atoms with Crippen LogP contribution in [0.25, 0.3) is 0 Å². The summed E-state index contributed by atoms with van der Waals surface area (Å²) in [5.41, 5.74) is 0.906. The molecule has 0 radical (unpaired) electrons. The minimum absolute atomic E-state index is 0.00318. The highest BCUT2D eigenvalue weighted by atomic mass is 16.7. The van der Waals surface area contributed by atoms with E-state index >= 15 is 0 Å². The van der Waals surface area contributed by atoms with E-state index in [1.54, 1.807) is 6.20 Å². The highest BCUT2D eigenvalue weighted by Gasteiger charge is 2.22. The van der Waals surface area contributed by atoms with Gasteiger partial charge in [-0.05, 0) is 30.5 Å². The third-order valence-electron chi connectivity index (χ3n) is 4.24. The summed E-state index contributed by atoms with van der Waals surface area (Å²) in [4.78, 5) is 15.6. The van der Waals surface area contributed by atoms with Crippen LogP contribution in [-0.2, 0) is 16.6 Å². The molecule has 128 valence electrons. The number of nitrogens with zero attached hydrogens (tertiary/aromatic N) is 2. The van der Waals surface area contributed by atoms with Gasteiger partial charge in [0, 0.05) is 25.9 Å². The fraction of sp³-hybridized carbons (Fsp3) is 0.444. The third-order valence-corrected chi connectivity index (χ3v) is 4.24. The molecular weight excluding hydrogens is 308 g/mol. The van der Waals surface area contributed by atoms with E-state index in [1.807, 2.05) is 42.1 Å². The lowest BCUT2D eigenvalue weighted by Gasteiger charge is -2.23. The molecular formula is C18H22N2O4. The quantitative estimate of drug-likeness (QED) is 0.881. The molecule has 1 fully saturated rings. The van der Waals surface area contributed by atoms with Crippen molar-refractivity contribution in [2.45, 2.75) is 37.9 Å². The number of carboxylic acid groups (broad SMARTS) is 1. The van der Waals surface area contributed by atoms with Crippen molar-refractivity contribution in [2.75, 3.05) is 6.61 Å². The van der Waals surface area contributed by atoms with E-state index < -0.39 is 5.97 Å². The average molecular weight is 330 g/mol. The monoisotopic (exact) mass is 330 g/mol. The van der Waals surface area contributed by atoms with Crippen LogP contribution in [0, 0.1) is 0 Å². The Morgan fingerprint density at radius 2 is 2.21 bits per heavy atom. The van der Waals surface area contributed by atoms with Gasteiger partial charge in [-0.15, -0.1) is 0 Å². The molecule has 0 aliphatic carbocycles. The maximum Gasteiger partial charge on any atom is 0.304 e. The second-order valence-electron chi connectivity index (χ2n) is 6.03. The highest BCUT2D eigenvalue weighted by molar-refractivity contribution is 5.68. The summed E-state index contributed by atoms with van der Waals surface area (Å²) in [6.07, 6.45) is 6.41. The number of rotatable bonds is 6. The summed E-state index contributed by atoms with van der Waals surface area (Å²) in [6.45, 7) is 0.739. The van der Waals surface area contributed by atoms with E-state index in [-0.39, 0.29) is 18.6 Å². The first-order valence-electron chi connectivity index (χ1n) is 8.20. The van der Waals surface area contributed by atoms with Gasteiger partial charge in [-0.1, -0.05) is 12.1 Å². The van der Waals surface area contributed by atoms with Gasteiger partial charge in [0.05, 0.1) is 18.9 Å². The van der Waals surface area contributed by atoms with Crippen LogP contribution in [0.2, 0.25) is 0 Å². The lowest BCUT2D eigenvalue weighted by molar-refractivity contribution is -0.137. The van der Waals surface area contributed by atoms with Crippen molar-refractivity contribution in [3.63, 3.8) is 0 Å². The number of carbonyl (C=O) groups is 1. The predicted molar refractivity (Wildman–Crippen MR) is 88.0 cm³/mol. The van der Waals surface area contributed by atoms with Gasteiger partial charge in [0.1, 0.15) is 11.6 Å². The first kappa shape index (κ1) is 16.5. The Balaban J connectivity index is 1.76. The molecule has 1 aromatic carbocycles. The van der Waals surface area contributed by atoms with Crippen molar-refractivity contribution in [1.29, 1.82) is 0 Å². The number of aryl methyl sites for hydroxylation is 1. The zero-order valence-corrected chi connectivity index (χ0v) is 13.7. The summed E-state index contributed by atoms with van der Waals surface area (Å²) in [5, 5.41) is 9.23. The number of hydrogen-bond acceptors (Lipinski definition) is 4. The summed E-state index contributed by atoms with van der Waals surface area (Å²) >= 11 is 0. The van der Waals surface area contributed by atoms with Crippen LogP contribution < -0.4 is 4.74 Å². The largest absolute Gasteiger partial charge is 0.481 e. The Kier molecular flexibility index (Phi) is 5.15. The smallest absolute Gasteiger partial charge is 0.304 e. The number of ether oxygens (including phenoxy) is 2. The normalized spacial score (nSPS) is 19.0. The maximum absolute atomic E-state index is 11.2. The number of aliphatic carboxylic acids is 1. The van der Waals surface area contributed by atoms with Crippen molar-refractivity contribution in [3.05, 3.63) is 48.0 Å². The summed E-state index contributed by atoms with van der Waals surface area (Å²) < 4.78 is 13.3. The zero-order valence-electron chi connectivity index (χ0n) is 13.7. The van der Waals surface area contributed by atoms with Crippen LogP contribution in [0.5, 0.6) is 5.75 Å². The number of hydrogen-bond donors (Lipinski definition) is 1. The first-order chi connectivity index (χ1) is 11.6. The van der Waals surface area contributed by atoms with Crippen LogP contribution in [0.3, 0.4) is 0 Å². The summed E-state index contributed by atoms with van der Waals surface area (Å²) in [5.74, 6) is 0.336. The second kappa shape index (κ2) is 7.49. The Bertz CT molecular complexity index is 675. The van der Waals surface area contributed by atoms with Gasteiger partial charge in [0.2, 0.25) is 0 Å². The molecule has 0 saturated carbocycles. The van der Waals surface area contributed by atoms with Crippen molar-refractivity contribution >= 4 is 5.97 Å². The van der Waals surface area contributed by atoms with Crippen LogP contribution in [0.1, 0.15) is 43.0 Å². The number of aromatic nitrogens is 2. The SMILES string of the molecule is Cn1ccnc1C(CC(=O)O)c1ccc(OC2CCCCO2)cc1. The van der Waals surface area contributed by atoms with E-state index in [1.165, 1.54) is 0 Å². The molecule has 1 aromatic heterocycles. The molecule has 0 bridgehead atoms. The molecule has 0 amide bonds. The predicted octanol–water partition coefficient (Wildman–Crippen LogP) is 2.93. The molecule has 1 aliphatic rings. The Morgan fingerprint density at radius 1 is 1.42 bits per heavy atom. The molecule has 0 spiro atoms. The fourth-order valence-corrected chi connectivity index (χ4v) is 2.98. The van der Waals surface area contributed by atoms with E-state index in [0.29, 0.717) is 0 Å². The third kappa shape index (κ3) is 3.94. The molecule has 1 N–H and O–H groups in total. The molecule has 1 aliphatic heterocycles. The van der Waals surface area contributed by atoms with E-state index in [9.17, 15) is 9.90 Å². The maximum atomic E-state index is 11.2. The molecule has 2 aromatic rings. The van der Waals surface area contributed by atoms with Crippen molar-refractivity contribution in [1.82, 2.24) is 9.55 Å². The van der Waals surface area contributed by atoms with Crippen LogP contribution in [0.4, 0.5) is 0 Å². The average Bonchev–Trinajstić information content (AvgIpc) is 3.00. The van der Waals surface area contributed by atoms with E-state index in [2.05, 4.69) is 4.98 Å². The van der Waals surface area contributed by atoms with Crippen molar-refractivity contribution in [2.24, 2.45) is 7.05 Å². The Labute approximate surface area is 141 Å². The number of carboxylic acids is 1. The van der Waals surface area contributed by atoms with Gasteiger partial charge in [-0.3, -0.25) is 4.79 Å². The Morgan fingerprint density at radius 3 is 2.79 bits per heavy atom. The Hall–Kier alpha value is -2.34. The standard InChI is InChI=1S/C18H22N2O4/c1-20-10-9-19-18(20)15(12-16(21)22)13-5-7-14(8-6-13)24-17-4-2-3-11-23-17/h5-10,15,17H,2-4,11-12H2,1H3,(H,21,22). The van der Waals surface area contributed by atoms with Crippen LogP contribution in [0.15, 0.2) is 36.7 Å². The van der Waals surface area contributed by atoms with Gasteiger partial charge in [0.25, 0.3) is 0 Å². The molecule has 3 rings (SSSR count). The van der Waals surface area contributed by atoms with Crippen LogP contribution in [-0.4, -0.2) is 33.5 Å². The van der Waals surface area contributed by atoms with Crippen LogP contribution >= 0.6 is 0 Å². The molecule has 6 heteroatoms.